The SMILES string of the molecule is Cc1ccc2[nH]ccc2c1.Cc1ccccc1.Cc1ccccc1.Cc1ccccn1.Cc1ccccn1.Cc1cccnc1.Cc1cnc2[nH]ccc2c1.Cc1cnccn1.Cc1ncccn1. The van der Waals surface area contributed by atoms with Crippen LogP contribution in [-0.4, -0.2) is 49.8 Å². The molecule has 0 spiro atoms. The molecule has 0 saturated carbocycles. The van der Waals surface area contributed by atoms with Crippen molar-refractivity contribution < 1.29 is 0 Å². The number of nitrogens with one attached hydrogen (secondary N) is 2. The van der Waals surface area contributed by atoms with Gasteiger partial charge in [-0.15, -0.1) is 0 Å². The highest BCUT2D eigenvalue weighted by Crippen LogP contribution is 2.13. The second-order valence-corrected chi connectivity index (χ2v) is 15.4. The summed E-state index contributed by atoms with van der Waals surface area (Å²) in [6.45, 7) is 18.0. The lowest BCUT2D eigenvalue weighted by Crippen LogP contribution is -1.80. The molecular formula is C59H66N10. The molecule has 69 heavy (non-hydrogen) atoms. The maximum absolute atomic E-state index is 4.19. The van der Waals surface area contributed by atoms with Gasteiger partial charge in [-0.05, 0) is 146 Å². The molecule has 0 aliphatic heterocycles. The number of fused-ring (bicyclic) bond motifs is 2. The molecule has 352 valence electrons. The zero-order valence-corrected chi connectivity index (χ0v) is 41.4. The lowest BCUT2D eigenvalue weighted by atomic mass is 10.2. The molecule has 0 unspecified atom stereocenters. The van der Waals surface area contributed by atoms with Crippen molar-refractivity contribution in [2.45, 2.75) is 62.3 Å². The summed E-state index contributed by atoms with van der Waals surface area (Å²) in [7, 11) is 0. The molecule has 2 N–H and O–H groups in total. The fraction of sp³-hybridized carbons (Fsp3) is 0.153. The van der Waals surface area contributed by atoms with Crippen molar-refractivity contribution >= 4 is 21.9 Å². The number of aryl methyl sites for hydroxylation is 9. The van der Waals surface area contributed by atoms with Gasteiger partial charge in [-0.1, -0.05) is 102 Å². The summed E-state index contributed by atoms with van der Waals surface area (Å²) >= 11 is 0. The van der Waals surface area contributed by atoms with E-state index >= 15 is 0 Å². The second kappa shape index (κ2) is 33.9. The fourth-order valence-corrected chi connectivity index (χ4v) is 5.38. The predicted molar refractivity (Wildman–Crippen MR) is 287 cm³/mol. The number of benzene rings is 3. The van der Waals surface area contributed by atoms with Gasteiger partial charge in [0, 0.05) is 96.7 Å². The Morgan fingerprint density at radius 3 is 1.23 bits per heavy atom. The van der Waals surface area contributed by atoms with E-state index in [9.17, 15) is 0 Å². The first-order valence-corrected chi connectivity index (χ1v) is 22.5. The molecule has 0 aliphatic rings. The van der Waals surface area contributed by atoms with E-state index in [1.165, 1.54) is 44.1 Å². The average Bonchev–Trinajstić information content (AvgIpc) is 4.05. The largest absolute Gasteiger partial charge is 0.361 e. The van der Waals surface area contributed by atoms with Crippen molar-refractivity contribution in [3.63, 3.8) is 0 Å². The van der Waals surface area contributed by atoms with Gasteiger partial charge in [0.2, 0.25) is 0 Å². The van der Waals surface area contributed by atoms with Gasteiger partial charge in [-0.25, -0.2) is 15.0 Å². The molecule has 0 radical (unpaired) electrons. The van der Waals surface area contributed by atoms with Crippen molar-refractivity contribution in [1.29, 1.82) is 0 Å². The minimum Gasteiger partial charge on any atom is -0.361 e. The molecule has 0 fully saturated rings. The molecule has 8 aromatic heterocycles. The molecular weight excluding hydrogens is 849 g/mol. The van der Waals surface area contributed by atoms with Crippen LogP contribution in [0.15, 0.2) is 226 Å². The maximum Gasteiger partial charge on any atom is 0.137 e. The van der Waals surface area contributed by atoms with Crippen molar-refractivity contribution in [2.24, 2.45) is 0 Å². The number of aromatic nitrogens is 10. The van der Waals surface area contributed by atoms with Crippen molar-refractivity contribution in [1.82, 2.24) is 49.8 Å². The Bertz CT molecular complexity index is 2460. The molecule has 11 aromatic rings. The van der Waals surface area contributed by atoms with Gasteiger partial charge in [0.05, 0.1) is 5.69 Å². The van der Waals surface area contributed by atoms with Crippen LogP contribution in [0.3, 0.4) is 0 Å². The summed E-state index contributed by atoms with van der Waals surface area (Å²) in [4.78, 5) is 37.7. The molecule has 0 aliphatic carbocycles. The van der Waals surface area contributed by atoms with Crippen LogP contribution in [0, 0.1) is 62.3 Å². The predicted octanol–water partition coefficient (Wildman–Crippen LogP) is 14.1. The van der Waals surface area contributed by atoms with Crippen LogP contribution in [0.25, 0.3) is 21.9 Å². The van der Waals surface area contributed by atoms with Crippen LogP contribution < -0.4 is 0 Å². The molecule has 0 amide bonds. The normalized spacial score (nSPS) is 9.23. The molecule has 0 bridgehead atoms. The fourth-order valence-electron chi connectivity index (χ4n) is 5.38. The summed E-state index contributed by atoms with van der Waals surface area (Å²) in [6.07, 6.45) is 21.4. The Balaban J connectivity index is 0.000000206. The summed E-state index contributed by atoms with van der Waals surface area (Å²) in [6, 6.07) is 50.6. The summed E-state index contributed by atoms with van der Waals surface area (Å²) in [5, 5.41) is 2.47. The monoisotopic (exact) mass is 915 g/mol. The average molecular weight is 915 g/mol. The molecule has 10 heteroatoms. The van der Waals surface area contributed by atoms with Crippen LogP contribution in [0.5, 0.6) is 0 Å². The molecule has 8 heterocycles. The minimum absolute atomic E-state index is 0.822. The van der Waals surface area contributed by atoms with E-state index in [2.05, 4.69) is 125 Å². The molecule has 10 nitrogen and oxygen atoms in total. The number of hydrogen-bond donors (Lipinski definition) is 2. The van der Waals surface area contributed by atoms with Gasteiger partial charge in [-0.3, -0.25) is 24.9 Å². The molecule has 0 atom stereocenters. The third-order valence-corrected chi connectivity index (χ3v) is 8.95. The first-order valence-electron chi connectivity index (χ1n) is 22.5. The third kappa shape index (κ3) is 26.9. The van der Waals surface area contributed by atoms with Gasteiger partial charge < -0.3 is 9.97 Å². The summed E-state index contributed by atoms with van der Waals surface area (Å²) < 4.78 is 0. The lowest BCUT2D eigenvalue weighted by molar-refractivity contribution is 1.05. The van der Waals surface area contributed by atoms with E-state index in [-0.39, 0.29) is 0 Å². The first kappa shape index (κ1) is 54.8. The van der Waals surface area contributed by atoms with E-state index in [0.717, 1.165) is 28.6 Å². The number of pyridine rings is 4. The lowest BCUT2D eigenvalue weighted by Gasteiger charge is -1.90. The van der Waals surface area contributed by atoms with Crippen LogP contribution in [0.2, 0.25) is 0 Å². The highest BCUT2D eigenvalue weighted by atomic mass is 14.8. The number of hydrogen-bond acceptors (Lipinski definition) is 8. The first-order chi connectivity index (χ1) is 33.5. The highest BCUT2D eigenvalue weighted by molar-refractivity contribution is 5.79. The Hall–Kier alpha value is -8.50. The van der Waals surface area contributed by atoms with Gasteiger partial charge in [0.15, 0.2) is 0 Å². The van der Waals surface area contributed by atoms with Gasteiger partial charge >= 0.3 is 0 Å². The summed E-state index contributed by atoms with van der Waals surface area (Å²) in [5.74, 6) is 0.822. The van der Waals surface area contributed by atoms with Gasteiger partial charge in [0.25, 0.3) is 0 Å². The Kier molecular flexibility index (Phi) is 26.9. The van der Waals surface area contributed by atoms with E-state index in [1.807, 2.05) is 157 Å². The number of nitrogens with zero attached hydrogens (tertiary/aromatic N) is 8. The van der Waals surface area contributed by atoms with Crippen molar-refractivity contribution in [3.8, 4) is 0 Å². The van der Waals surface area contributed by atoms with Gasteiger partial charge in [0.1, 0.15) is 11.5 Å². The second-order valence-electron chi connectivity index (χ2n) is 15.4. The minimum atomic E-state index is 0.822. The quantitative estimate of drug-likeness (QED) is 0.154. The van der Waals surface area contributed by atoms with E-state index < -0.39 is 0 Å². The molecule has 0 saturated heterocycles. The summed E-state index contributed by atoms with van der Waals surface area (Å²) in [5.41, 5.74) is 11.6. The Morgan fingerprint density at radius 2 is 0.826 bits per heavy atom. The zero-order chi connectivity index (χ0) is 49.7. The van der Waals surface area contributed by atoms with Crippen LogP contribution in [0.1, 0.15) is 50.7 Å². The number of rotatable bonds is 0. The van der Waals surface area contributed by atoms with Crippen LogP contribution in [-0.2, 0) is 0 Å². The van der Waals surface area contributed by atoms with E-state index in [0.29, 0.717) is 0 Å². The van der Waals surface area contributed by atoms with Crippen molar-refractivity contribution in [2.75, 3.05) is 0 Å². The number of H-pyrrole nitrogens is 2. The van der Waals surface area contributed by atoms with Crippen molar-refractivity contribution in [3.05, 3.63) is 277 Å². The Labute approximate surface area is 409 Å². The van der Waals surface area contributed by atoms with E-state index in [1.54, 1.807) is 55.6 Å². The number of aromatic amines is 2. The molecule has 3 aromatic carbocycles. The molecule has 11 rings (SSSR count). The van der Waals surface area contributed by atoms with Gasteiger partial charge in [-0.2, -0.15) is 0 Å². The standard InChI is InChI=1S/C9H9N.C8H8N2.2C7H8.3C6H7N.2C5H6N2/c1-7-2-3-9-8(6-7)4-5-10-9;1-6-4-7-2-3-9-8(7)10-5-6;2*1-7-5-3-2-4-6-7;1-6-3-2-4-7-5-6;2*1-6-4-2-3-5-7-6;1-5-4-6-2-3-7-5;1-5-6-3-2-4-7-5/h2-6,10H,1H3;2-5H,1H3,(H,9,10);2*2-6H,1H3;3*2-5H,1H3;2*2-4H,1H3. The zero-order valence-electron chi connectivity index (χ0n) is 41.4. The van der Waals surface area contributed by atoms with E-state index in [4.69, 9.17) is 0 Å². The van der Waals surface area contributed by atoms with Crippen LogP contribution in [0.4, 0.5) is 0 Å². The van der Waals surface area contributed by atoms with Crippen LogP contribution >= 0.6 is 0 Å². The smallest absolute Gasteiger partial charge is 0.137 e. The highest BCUT2D eigenvalue weighted by Gasteiger charge is 1.93. The third-order valence-electron chi connectivity index (χ3n) is 8.95. The Morgan fingerprint density at radius 1 is 0.304 bits per heavy atom. The maximum atomic E-state index is 4.19. The topological polar surface area (TPSA) is 135 Å².